The Hall–Kier alpha value is -1.80. The number of hydrogen-bond acceptors (Lipinski definition) is 6. The smallest absolute Gasteiger partial charge is 0.457 e. The average molecular weight is 683 g/mol. The lowest BCUT2D eigenvalue weighted by Gasteiger charge is -2.24. The quantitative estimate of drug-likeness (QED) is 0.0248. The van der Waals surface area contributed by atoms with Crippen LogP contribution in [0.25, 0.3) is 0 Å². The van der Waals surface area contributed by atoms with Crippen molar-refractivity contribution in [3.63, 3.8) is 0 Å². The van der Waals surface area contributed by atoms with Gasteiger partial charge in [0.15, 0.2) is 0 Å². The number of carbonyl (C=O) groups is 1. The van der Waals surface area contributed by atoms with Crippen molar-refractivity contribution in [3.05, 3.63) is 60.8 Å². The van der Waals surface area contributed by atoms with E-state index in [2.05, 4.69) is 67.7 Å². The van der Waals surface area contributed by atoms with Gasteiger partial charge in [-0.15, -0.1) is 0 Å². The number of carbonyl (C=O) groups excluding carboxylic acids is 1. The van der Waals surface area contributed by atoms with Crippen LogP contribution in [-0.2, 0) is 27.9 Å². The van der Waals surface area contributed by atoms with Crippen LogP contribution in [0.5, 0.6) is 0 Å². The fourth-order valence-electron chi connectivity index (χ4n) is 4.32. The number of likely N-dealkylation sites (N-methyl/N-ethyl adjacent to an activating group) is 1. The maximum atomic E-state index is 12.2. The topological polar surface area (TPSA) is 91.3 Å². The molecule has 0 radical (unpaired) electrons. The molecule has 0 spiro atoms. The van der Waals surface area contributed by atoms with Crippen molar-refractivity contribution in [2.45, 2.75) is 123 Å². The van der Waals surface area contributed by atoms with Crippen LogP contribution in [0.15, 0.2) is 60.8 Å². The summed E-state index contributed by atoms with van der Waals surface area (Å²) in [7, 11) is 1.64. The number of allylic oxidation sites excluding steroid dienone is 10. The van der Waals surface area contributed by atoms with Gasteiger partial charge in [0.25, 0.3) is 0 Å². The molecule has 0 aliphatic heterocycles. The number of phosphoric ester groups is 1. The number of unbranched alkanes of at least 4 members (excludes halogenated alkanes) is 8. The Kier molecular flexibility index (Phi) is 30.3. The largest absolute Gasteiger partial charge is 0.472 e. The van der Waals surface area contributed by atoms with Crippen molar-refractivity contribution >= 4 is 13.8 Å². The molecule has 272 valence electrons. The van der Waals surface area contributed by atoms with Crippen LogP contribution in [0, 0.1) is 0 Å². The molecule has 0 fully saturated rings. The molecule has 0 saturated heterocycles. The lowest BCUT2D eigenvalue weighted by molar-refractivity contribution is -0.870. The minimum absolute atomic E-state index is 0.0825. The van der Waals surface area contributed by atoms with Gasteiger partial charge in [0, 0.05) is 13.0 Å². The summed E-state index contributed by atoms with van der Waals surface area (Å²) in [5, 5.41) is 0. The van der Waals surface area contributed by atoms with E-state index in [4.69, 9.17) is 18.5 Å². The molecule has 0 rings (SSSR count). The van der Waals surface area contributed by atoms with Gasteiger partial charge in [-0.1, -0.05) is 113 Å². The van der Waals surface area contributed by atoms with Crippen LogP contribution < -0.4 is 0 Å². The van der Waals surface area contributed by atoms with Gasteiger partial charge in [-0.05, 0) is 57.8 Å². The van der Waals surface area contributed by atoms with Crippen molar-refractivity contribution in [1.82, 2.24) is 0 Å². The summed E-state index contributed by atoms with van der Waals surface area (Å²) in [6.07, 6.45) is 38.3. The van der Waals surface area contributed by atoms with E-state index in [1.807, 2.05) is 28.1 Å². The molecule has 0 aromatic heterocycles. The molecule has 2 atom stereocenters. The highest BCUT2D eigenvalue weighted by Gasteiger charge is 2.26. The van der Waals surface area contributed by atoms with Crippen LogP contribution in [0.2, 0.25) is 0 Å². The molecular weight excluding hydrogens is 613 g/mol. The van der Waals surface area contributed by atoms with Gasteiger partial charge in [0.1, 0.15) is 19.3 Å². The van der Waals surface area contributed by atoms with Crippen molar-refractivity contribution < 1.29 is 37.3 Å². The van der Waals surface area contributed by atoms with Crippen LogP contribution in [0.4, 0.5) is 0 Å². The summed E-state index contributed by atoms with van der Waals surface area (Å²) >= 11 is 0. The third kappa shape index (κ3) is 35.3. The first-order chi connectivity index (χ1) is 22.6. The second kappa shape index (κ2) is 31.5. The molecule has 8 nitrogen and oxygen atoms in total. The van der Waals surface area contributed by atoms with E-state index in [9.17, 15) is 14.3 Å². The number of hydrogen-bond donors (Lipinski definition) is 1. The Bertz CT molecular complexity index is 937. The Morgan fingerprint density at radius 2 is 1.19 bits per heavy atom. The third-order valence-corrected chi connectivity index (χ3v) is 8.05. The van der Waals surface area contributed by atoms with E-state index in [-0.39, 0.29) is 32.2 Å². The zero-order chi connectivity index (χ0) is 34.9. The summed E-state index contributed by atoms with van der Waals surface area (Å²) < 4.78 is 34.1. The SMILES string of the molecule is CC/C=C\C/C=C\C/C=C\C/C=C\C/C=C\CCCCCCCCCCOCC(COP(=O)(O)OCC[N+](C)(C)C)OC(=O)CCC. The van der Waals surface area contributed by atoms with Gasteiger partial charge >= 0.3 is 13.8 Å². The van der Waals surface area contributed by atoms with E-state index < -0.39 is 13.9 Å². The van der Waals surface area contributed by atoms with Crippen molar-refractivity contribution in [2.24, 2.45) is 0 Å². The maximum absolute atomic E-state index is 12.2. The predicted octanol–water partition coefficient (Wildman–Crippen LogP) is 9.82. The van der Waals surface area contributed by atoms with Gasteiger partial charge in [0.2, 0.25) is 0 Å². The highest BCUT2D eigenvalue weighted by Crippen LogP contribution is 2.43. The van der Waals surface area contributed by atoms with Gasteiger partial charge in [-0.3, -0.25) is 13.8 Å². The lowest BCUT2D eigenvalue weighted by Crippen LogP contribution is -2.37. The van der Waals surface area contributed by atoms with E-state index >= 15 is 0 Å². The van der Waals surface area contributed by atoms with Gasteiger partial charge < -0.3 is 18.9 Å². The number of rotatable bonds is 32. The number of quaternary nitrogens is 1. The minimum atomic E-state index is -4.24. The van der Waals surface area contributed by atoms with E-state index in [1.54, 1.807) is 0 Å². The fourth-order valence-corrected chi connectivity index (χ4v) is 5.06. The second-order valence-corrected chi connectivity index (χ2v) is 14.3. The van der Waals surface area contributed by atoms with Crippen molar-refractivity contribution in [1.29, 1.82) is 0 Å². The molecule has 47 heavy (non-hydrogen) atoms. The lowest BCUT2D eigenvalue weighted by atomic mass is 10.1. The fraction of sp³-hybridized carbons (Fsp3) is 0.711. The van der Waals surface area contributed by atoms with E-state index in [0.29, 0.717) is 24.1 Å². The van der Waals surface area contributed by atoms with Crippen LogP contribution in [0.1, 0.15) is 117 Å². The summed E-state index contributed by atoms with van der Waals surface area (Å²) in [6, 6.07) is 0. The number of nitrogens with zero attached hydrogens (tertiary/aromatic N) is 1. The molecule has 0 aliphatic carbocycles. The molecule has 0 heterocycles. The molecule has 0 aromatic carbocycles. The average Bonchev–Trinajstić information content (AvgIpc) is 3.00. The molecule has 0 bridgehead atoms. The van der Waals surface area contributed by atoms with Gasteiger partial charge in [-0.2, -0.15) is 0 Å². The first kappa shape index (κ1) is 45.2. The zero-order valence-corrected chi connectivity index (χ0v) is 31.4. The van der Waals surface area contributed by atoms with E-state index in [0.717, 1.165) is 51.4 Å². The third-order valence-electron chi connectivity index (χ3n) is 7.06. The molecule has 0 aromatic rings. The van der Waals surface area contributed by atoms with Crippen LogP contribution in [-0.4, -0.2) is 75.6 Å². The first-order valence-electron chi connectivity index (χ1n) is 18.0. The summed E-state index contributed by atoms with van der Waals surface area (Å²) in [6.45, 7) is 5.09. The normalized spacial score (nSPS) is 14.8. The number of phosphoric acid groups is 1. The van der Waals surface area contributed by atoms with Gasteiger partial charge in [-0.25, -0.2) is 4.57 Å². The van der Waals surface area contributed by atoms with Crippen LogP contribution >= 0.6 is 7.82 Å². The molecule has 2 unspecified atom stereocenters. The molecule has 0 amide bonds. The molecule has 0 saturated carbocycles. The van der Waals surface area contributed by atoms with Crippen molar-refractivity contribution in [2.75, 3.05) is 54.1 Å². The maximum Gasteiger partial charge on any atom is 0.472 e. The molecule has 9 heteroatoms. The Labute approximate surface area is 288 Å². The molecule has 1 N–H and O–H groups in total. The standard InChI is InChI=1S/C38H68NO7P/c1-6-8-9-10-11-12-13-14-15-16-17-18-19-20-21-22-23-24-25-26-27-28-29-30-33-43-35-37(46-38(40)31-7-2)36-45-47(41,42)44-34-32-39(3,4)5/h8-9,11-12,14-15,17-18,20-21,37H,6-7,10,13,16,19,22-36H2,1-5H3/p+1/b9-8-,12-11-,15-14-,18-17-,21-20-. The zero-order valence-electron chi connectivity index (χ0n) is 30.5. The number of ether oxygens (including phenoxy) is 2. The number of esters is 1. The highest BCUT2D eigenvalue weighted by atomic mass is 31.2. The molecule has 0 aliphatic rings. The molecular formula is C38H69NO7P+. The Balaban J connectivity index is 3.85. The van der Waals surface area contributed by atoms with Crippen LogP contribution in [0.3, 0.4) is 0 Å². The summed E-state index contributed by atoms with van der Waals surface area (Å²) in [5.41, 5.74) is 0. The van der Waals surface area contributed by atoms with Gasteiger partial charge in [0.05, 0.1) is 34.4 Å². The minimum Gasteiger partial charge on any atom is -0.457 e. The first-order valence-corrected chi connectivity index (χ1v) is 19.5. The summed E-state index contributed by atoms with van der Waals surface area (Å²) in [4.78, 5) is 22.0. The van der Waals surface area contributed by atoms with Crippen molar-refractivity contribution in [3.8, 4) is 0 Å². The monoisotopic (exact) mass is 682 g/mol. The Morgan fingerprint density at radius 1 is 0.681 bits per heavy atom. The van der Waals surface area contributed by atoms with E-state index in [1.165, 1.54) is 38.5 Å². The Morgan fingerprint density at radius 3 is 1.72 bits per heavy atom. The second-order valence-electron chi connectivity index (χ2n) is 12.9. The predicted molar refractivity (Wildman–Crippen MR) is 196 cm³/mol. The highest BCUT2D eigenvalue weighted by molar-refractivity contribution is 7.47. The summed E-state index contributed by atoms with van der Waals surface area (Å²) in [5.74, 6) is -0.374.